The number of halogens is 5. The number of H-pyrrole nitrogens is 1. The van der Waals surface area contributed by atoms with Gasteiger partial charge in [-0.25, -0.2) is 28.5 Å². The standard InChI is InChI=1S/C20H15F5N8O2/c21-10-4-2-1-3-8(10)5-9-11(22)6-28-17-12(9)13(31-32-17)18-29-15(26)14(16(27)30-18)33(19(34)35)7-20(23,24)25/h1-4,6H,5,7H2,(H,34,35)(H,28,31,32)(H4,26,27,29,30). The van der Waals surface area contributed by atoms with Crippen LogP contribution in [0.5, 0.6) is 0 Å². The number of carbonyl (C=O) groups is 1. The molecule has 0 atom stereocenters. The monoisotopic (exact) mass is 494 g/mol. The molecular formula is C20H15F5N8O2. The summed E-state index contributed by atoms with van der Waals surface area (Å²) in [4.78, 5) is 22.9. The van der Waals surface area contributed by atoms with E-state index in [0.29, 0.717) is 0 Å². The summed E-state index contributed by atoms with van der Waals surface area (Å²) in [6.45, 7) is -1.91. The molecule has 0 spiro atoms. The number of anilines is 3. The molecule has 4 aromatic rings. The van der Waals surface area contributed by atoms with Crippen LogP contribution in [0.25, 0.3) is 22.6 Å². The van der Waals surface area contributed by atoms with Crippen molar-refractivity contribution in [3.05, 3.63) is 53.2 Å². The Morgan fingerprint density at radius 3 is 2.34 bits per heavy atom. The zero-order valence-electron chi connectivity index (χ0n) is 17.4. The van der Waals surface area contributed by atoms with E-state index < -0.39 is 47.8 Å². The third-order valence-corrected chi connectivity index (χ3v) is 4.96. The van der Waals surface area contributed by atoms with E-state index in [1.54, 1.807) is 6.07 Å². The van der Waals surface area contributed by atoms with Crippen molar-refractivity contribution in [2.75, 3.05) is 22.9 Å². The number of nitrogen functional groups attached to an aromatic ring is 2. The van der Waals surface area contributed by atoms with Crippen molar-refractivity contribution in [1.29, 1.82) is 0 Å². The normalized spacial score (nSPS) is 11.7. The second-order valence-electron chi connectivity index (χ2n) is 7.30. The summed E-state index contributed by atoms with van der Waals surface area (Å²) in [5.74, 6) is -3.03. The summed E-state index contributed by atoms with van der Waals surface area (Å²) in [5, 5.41) is 15.8. The zero-order valence-corrected chi connectivity index (χ0v) is 17.4. The van der Waals surface area contributed by atoms with Crippen LogP contribution in [0.2, 0.25) is 0 Å². The van der Waals surface area contributed by atoms with Gasteiger partial charge in [-0.1, -0.05) is 18.2 Å². The summed E-state index contributed by atoms with van der Waals surface area (Å²) < 4.78 is 67.6. The molecule has 35 heavy (non-hydrogen) atoms. The first-order valence-electron chi connectivity index (χ1n) is 9.71. The topological polar surface area (TPSA) is 160 Å². The van der Waals surface area contributed by atoms with Crippen LogP contribution in [-0.4, -0.2) is 49.1 Å². The zero-order chi connectivity index (χ0) is 25.5. The molecule has 10 nitrogen and oxygen atoms in total. The van der Waals surface area contributed by atoms with Gasteiger partial charge in [0.2, 0.25) is 0 Å². The Labute approximate surface area is 192 Å². The van der Waals surface area contributed by atoms with Crippen LogP contribution in [0.3, 0.4) is 0 Å². The van der Waals surface area contributed by atoms with Crippen LogP contribution in [0.4, 0.5) is 44.1 Å². The summed E-state index contributed by atoms with van der Waals surface area (Å²) in [7, 11) is 0. The molecule has 0 saturated heterocycles. The van der Waals surface area contributed by atoms with Gasteiger partial charge in [0, 0.05) is 12.0 Å². The van der Waals surface area contributed by atoms with Gasteiger partial charge in [0.1, 0.15) is 29.6 Å². The number of nitrogens with two attached hydrogens (primary N) is 2. The van der Waals surface area contributed by atoms with Crippen LogP contribution in [0, 0.1) is 11.6 Å². The van der Waals surface area contributed by atoms with Crippen molar-refractivity contribution >= 4 is 34.4 Å². The minimum atomic E-state index is -4.90. The molecule has 3 aromatic heterocycles. The lowest BCUT2D eigenvalue weighted by atomic mass is 10.0. The average molecular weight is 494 g/mol. The van der Waals surface area contributed by atoms with E-state index in [2.05, 4.69) is 25.1 Å². The molecule has 0 fully saturated rings. The van der Waals surface area contributed by atoms with Gasteiger partial charge in [-0.2, -0.15) is 18.3 Å². The maximum atomic E-state index is 14.8. The number of rotatable bonds is 5. The molecule has 182 valence electrons. The van der Waals surface area contributed by atoms with Crippen molar-refractivity contribution in [1.82, 2.24) is 25.1 Å². The molecule has 0 radical (unpaired) electrons. The Kier molecular flexibility index (Phi) is 5.84. The molecule has 4 rings (SSSR count). The molecule has 6 N–H and O–H groups in total. The molecule has 0 aliphatic carbocycles. The second-order valence-corrected chi connectivity index (χ2v) is 7.30. The first-order valence-corrected chi connectivity index (χ1v) is 9.71. The van der Waals surface area contributed by atoms with Gasteiger partial charge < -0.3 is 16.6 Å². The maximum Gasteiger partial charge on any atom is 0.412 e. The van der Waals surface area contributed by atoms with E-state index in [1.165, 1.54) is 18.2 Å². The molecule has 0 unspecified atom stereocenters. The van der Waals surface area contributed by atoms with Crippen LogP contribution in [-0.2, 0) is 6.42 Å². The fourth-order valence-electron chi connectivity index (χ4n) is 3.49. The SMILES string of the molecule is Nc1nc(-c2[nH]nc3ncc(F)c(Cc4ccccc4F)c23)nc(N)c1N(CC(F)(F)F)C(=O)O. The number of nitrogens with one attached hydrogen (secondary N) is 1. The second kappa shape index (κ2) is 8.66. The van der Waals surface area contributed by atoms with Crippen LogP contribution < -0.4 is 16.4 Å². The van der Waals surface area contributed by atoms with E-state index in [9.17, 15) is 31.9 Å². The summed E-state index contributed by atoms with van der Waals surface area (Å²) in [6, 6.07) is 5.72. The fraction of sp³-hybridized carbons (Fsp3) is 0.150. The van der Waals surface area contributed by atoms with Gasteiger partial charge in [0.05, 0.1) is 11.6 Å². The molecule has 1 amide bonds. The van der Waals surface area contributed by atoms with Crippen LogP contribution in [0.15, 0.2) is 30.5 Å². The Hall–Kier alpha value is -4.56. The summed E-state index contributed by atoms with van der Waals surface area (Å²) in [5.41, 5.74) is 10.9. The molecule has 0 aliphatic heterocycles. The predicted octanol–water partition coefficient (Wildman–Crippen LogP) is 3.50. The van der Waals surface area contributed by atoms with E-state index in [0.717, 1.165) is 6.20 Å². The fourth-order valence-corrected chi connectivity index (χ4v) is 3.49. The number of carboxylic acid groups (broad SMARTS) is 1. The Morgan fingerprint density at radius 1 is 1.09 bits per heavy atom. The van der Waals surface area contributed by atoms with Crippen LogP contribution >= 0.6 is 0 Å². The van der Waals surface area contributed by atoms with Crippen LogP contribution in [0.1, 0.15) is 11.1 Å². The van der Waals surface area contributed by atoms with Gasteiger partial charge in [-0.3, -0.25) is 10.00 Å². The number of nitrogens with zero attached hydrogens (tertiary/aromatic N) is 5. The summed E-state index contributed by atoms with van der Waals surface area (Å²) >= 11 is 0. The van der Waals surface area contributed by atoms with Crippen molar-refractivity contribution in [3.8, 4) is 11.5 Å². The molecule has 1 aromatic carbocycles. The smallest absolute Gasteiger partial charge is 0.412 e. The molecule has 0 aliphatic rings. The minimum Gasteiger partial charge on any atom is -0.465 e. The first kappa shape index (κ1) is 23.6. The first-order chi connectivity index (χ1) is 16.5. The molecule has 0 bridgehead atoms. The molecule has 3 heterocycles. The number of hydrogen-bond donors (Lipinski definition) is 4. The van der Waals surface area contributed by atoms with E-state index in [-0.39, 0.29) is 45.0 Å². The Morgan fingerprint density at radius 2 is 1.74 bits per heavy atom. The van der Waals surface area contributed by atoms with Gasteiger partial charge in [0.25, 0.3) is 0 Å². The van der Waals surface area contributed by atoms with Gasteiger partial charge in [0.15, 0.2) is 23.1 Å². The third-order valence-electron chi connectivity index (χ3n) is 4.96. The minimum absolute atomic E-state index is 0.0155. The van der Waals surface area contributed by atoms with E-state index >= 15 is 0 Å². The number of benzene rings is 1. The molecule has 0 saturated carbocycles. The highest BCUT2D eigenvalue weighted by Crippen LogP contribution is 2.35. The van der Waals surface area contributed by atoms with E-state index in [4.69, 9.17) is 11.5 Å². The lowest BCUT2D eigenvalue weighted by Crippen LogP contribution is -2.39. The van der Waals surface area contributed by atoms with Crippen molar-refractivity contribution < 1.29 is 31.9 Å². The molecular weight excluding hydrogens is 479 g/mol. The Bertz CT molecular complexity index is 1420. The number of amides is 1. The lowest BCUT2D eigenvalue weighted by molar-refractivity contribution is -0.118. The highest BCUT2D eigenvalue weighted by atomic mass is 19.4. The number of aromatic amines is 1. The highest BCUT2D eigenvalue weighted by molar-refractivity contribution is 5.96. The number of aromatic nitrogens is 5. The van der Waals surface area contributed by atoms with Gasteiger partial charge in [-0.05, 0) is 11.6 Å². The van der Waals surface area contributed by atoms with E-state index in [1.807, 2.05) is 0 Å². The molecule has 15 heteroatoms. The number of hydrogen-bond acceptors (Lipinski definition) is 7. The van der Waals surface area contributed by atoms with Gasteiger partial charge >= 0.3 is 12.3 Å². The quantitative estimate of drug-likeness (QED) is 0.307. The summed E-state index contributed by atoms with van der Waals surface area (Å²) in [6.07, 6.45) is -6.19. The van der Waals surface area contributed by atoms with Crippen molar-refractivity contribution in [2.45, 2.75) is 12.6 Å². The highest BCUT2D eigenvalue weighted by Gasteiger charge is 2.36. The number of alkyl halides is 3. The van der Waals surface area contributed by atoms with Crippen molar-refractivity contribution in [2.24, 2.45) is 0 Å². The third kappa shape index (κ3) is 4.60. The lowest BCUT2D eigenvalue weighted by Gasteiger charge is -2.22. The number of pyridine rings is 1. The predicted molar refractivity (Wildman–Crippen MR) is 114 cm³/mol. The maximum absolute atomic E-state index is 14.8. The average Bonchev–Trinajstić information content (AvgIpc) is 3.19. The largest absolute Gasteiger partial charge is 0.465 e. The van der Waals surface area contributed by atoms with Crippen molar-refractivity contribution in [3.63, 3.8) is 0 Å². The van der Waals surface area contributed by atoms with Gasteiger partial charge in [-0.15, -0.1) is 0 Å². The number of fused-ring (bicyclic) bond motifs is 1. The Balaban J connectivity index is 1.85.